The van der Waals surface area contributed by atoms with Crippen LogP contribution in [0.15, 0.2) is 18.2 Å². The molecule has 4 nitrogen and oxygen atoms in total. The molecule has 3 N–H and O–H groups in total. The zero-order valence-electron chi connectivity index (χ0n) is 11.2. The molecule has 0 bridgehead atoms. The van der Waals surface area contributed by atoms with Crippen LogP contribution in [0.25, 0.3) is 10.9 Å². The molecule has 0 aliphatic carbocycles. The van der Waals surface area contributed by atoms with Crippen LogP contribution in [-0.4, -0.2) is 22.6 Å². The molecular formula is C15H18N2O2. The Morgan fingerprint density at radius 1 is 1.32 bits per heavy atom. The van der Waals surface area contributed by atoms with E-state index >= 15 is 0 Å². The highest BCUT2D eigenvalue weighted by atomic mass is 16.4. The molecule has 0 atom stereocenters. The molecular weight excluding hydrogens is 240 g/mol. The van der Waals surface area contributed by atoms with Crippen LogP contribution in [0.3, 0.4) is 0 Å². The second-order valence-corrected chi connectivity index (χ2v) is 4.78. The van der Waals surface area contributed by atoms with Gasteiger partial charge < -0.3 is 10.8 Å². The monoisotopic (exact) mass is 258 g/mol. The molecule has 0 saturated carbocycles. The normalized spacial score (nSPS) is 10.9. The van der Waals surface area contributed by atoms with Crippen molar-refractivity contribution in [3.8, 4) is 0 Å². The average molecular weight is 258 g/mol. The predicted molar refractivity (Wildman–Crippen MR) is 75.6 cm³/mol. The largest absolute Gasteiger partial charge is 0.478 e. The van der Waals surface area contributed by atoms with Crippen molar-refractivity contribution >= 4 is 16.9 Å². The van der Waals surface area contributed by atoms with E-state index < -0.39 is 5.97 Å². The molecule has 0 amide bonds. The Morgan fingerprint density at radius 3 is 2.63 bits per heavy atom. The number of aromatic carboxylic acids is 1. The van der Waals surface area contributed by atoms with Gasteiger partial charge in [-0.2, -0.15) is 0 Å². The van der Waals surface area contributed by atoms with Gasteiger partial charge in [0.15, 0.2) is 0 Å². The van der Waals surface area contributed by atoms with E-state index in [2.05, 4.69) is 4.98 Å². The van der Waals surface area contributed by atoms with E-state index in [0.29, 0.717) is 18.5 Å². The van der Waals surface area contributed by atoms with Gasteiger partial charge in [0.1, 0.15) is 0 Å². The molecule has 100 valence electrons. The number of carboxylic acid groups (broad SMARTS) is 1. The van der Waals surface area contributed by atoms with E-state index in [1.54, 1.807) is 6.07 Å². The third-order valence-electron chi connectivity index (χ3n) is 3.29. The molecule has 4 heteroatoms. The van der Waals surface area contributed by atoms with Gasteiger partial charge in [0.2, 0.25) is 0 Å². The van der Waals surface area contributed by atoms with Gasteiger partial charge in [-0.1, -0.05) is 12.1 Å². The lowest BCUT2D eigenvalue weighted by atomic mass is 9.99. The fraction of sp³-hybridized carbons (Fsp3) is 0.333. The standard InChI is InChI=1S/C15H18N2O2/c1-9-5-6-10(2)14-13(9)12(15(18)19)8-11(17-14)4-3-7-16/h5-6,8H,3-4,7,16H2,1-2H3,(H,18,19). The van der Waals surface area contributed by atoms with Gasteiger partial charge in [-0.25, -0.2) is 4.79 Å². The highest BCUT2D eigenvalue weighted by molar-refractivity contribution is 6.04. The minimum Gasteiger partial charge on any atom is -0.478 e. The Labute approximate surface area is 112 Å². The molecule has 0 fully saturated rings. The third-order valence-corrected chi connectivity index (χ3v) is 3.29. The molecule has 0 unspecified atom stereocenters. The van der Waals surface area contributed by atoms with E-state index in [4.69, 9.17) is 5.73 Å². The molecule has 1 heterocycles. The summed E-state index contributed by atoms with van der Waals surface area (Å²) in [6.07, 6.45) is 1.52. The lowest BCUT2D eigenvalue weighted by molar-refractivity contribution is 0.0698. The van der Waals surface area contributed by atoms with Crippen molar-refractivity contribution in [1.29, 1.82) is 0 Å². The molecule has 2 rings (SSSR count). The minimum absolute atomic E-state index is 0.332. The van der Waals surface area contributed by atoms with E-state index in [1.165, 1.54) is 0 Å². The molecule has 0 spiro atoms. The second-order valence-electron chi connectivity index (χ2n) is 4.78. The van der Waals surface area contributed by atoms with Gasteiger partial charge in [0.05, 0.1) is 11.1 Å². The quantitative estimate of drug-likeness (QED) is 0.883. The summed E-state index contributed by atoms with van der Waals surface area (Å²) in [5, 5.41) is 10.1. The summed E-state index contributed by atoms with van der Waals surface area (Å²) >= 11 is 0. The lowest BCUT2D eigenvalue weighted by Crippen LogP contribution is -2.06. The SMILES string of the molecule is Cc1ccc(C)c2c(C(=O)O)cc(CCCN)nc12. The highest BCUT2D eigenvalue weighted by Crippen LogP contribution is 2.25. The first-order valence-corrected chi connectivity index (χ1v) is 6.37. The smallest absolute Gasteiger partial charge is 0.336 e. The minimum atomic E-state index is -0.907. The predicted octanol–water partition coefficient (Wildman–Crippen LogP) is 2.44. The number of nitrogens with two attached hydrogens (primary N) is 1. The summed E-state index contributed by atoms with van der Waals surface area (Å²) in [5.74, 6) is -0.907. The van der Waals surface area contributed by atoms with E-state index in [0.717, 1.165) is 34.1 Å². The Morgan fingerprint density at radius 2 is 2.00 bits per heavy atom. The van der Waals surface area contributed by atoms with E-state index in [-0.39, 0.29) is 0 Å². The Hall–Kier alpha value is -1.94. The molecule has 1 aromatic heterocycles. The van der Waals surface area contributed by atoms with Crippen LogP contribution in [0.2, 0.25) is 0 Å². The number of aryl methyl sites for hydroxylation is 3. The van der Waals surface area contributed by atoms with Gasteiger partial charge >= 0.3 is 5.97 Å². The summed E-state index contributed by atoms with van der Waals surface area (Å²) in [6.45, 7) is 4.44. The maximum absolute atomic E-state index is 11.5. The number of pyridine rings is 1. The molecule has 2 aromatic rings. The molecule has 0 aliphatic rings. The van der Waals surface area contributed by atoms with Crippen LogP contribution >= 0.6 is 0 Å². The molecule has 0 saturated heterocycles. The topological polar surface area (TPSA) is 76.2 Å². The Kier molecular flexibility index (Phi) is 3.81. The fourth-order valence-corrected chi connectivity index (χ4v) is 2.27. The van der Waals surface area contributed by atoms with Gasteiger partial charge in [0.25, 0.3) is 0 Å². The van der Waals surface area contributed by atoms with Gasteiger partial charge in [-0.15, -0.1) is 0 Å². The summed E-state index contributed by atoms with van der Waals surface area (Å²) in [4.78, 5) is 16.0. The van der Waals surface area contributed by atoms with Crippen LogP contribution in [0.5, 0.6) is 0 Å². The van der Waals surface area contributed by atoms with Crippen molar-refractivity contribution in [2.24, 2.45) is 5.73 Å². The molecule has 0 radical (unpaired) electrons. The maximum Gasteiger partial charge on any atom is 0.336 e. The number of fused-ring (bicyclic) bond motifs is 1. The highest BCUT2D eigenvalue weighted by Gasteiger charge is 2.14. The first kappa shape index (κ1) is 13.5. The van der Waals surface area contributed by atoms with Crippen molar-refractivity contribution in [2.45, 2.75) is 26.7 Å². The molecule has 1 aromatic carbocycles. The summed E-state index contributed by atoms with van der Waals surface area (Å²) in [6, 6.07) is 5.58. The second kappa shape index (κ2) is 5.36. The first-order chi connectivity index (χ1) is 9.04. The molecule has 0 aliphatic heterocycles. The number of hydrogen-bond acceptors (Lipinski definition) is 3. The fourth-order valence-electron chi connectivity index (χ4n) is 2.27. The van der Waals surface area contributed by atoms with E-state index in [1.807, 2.05) is 26.0 Å². The average Bonchev–Trinajstić information content (AvgIpc) is 2.39. The maximum atomic E-state index is 11.5. The first-order valence-electron chi connectivity index (χ1n) is 6.37. The van der Waals surface area contributed by atoms with Crippen LogP contribution in [-0.2, 0) is 6.42 Å². The van der Waals surface area contributed by atoms with Crippen molar-refractivity contribution in [2.75, 3.05) is 6.54 Å². The van der Waals surface area contributed by atoms with Gasteiger partial charge in [-0.05, 0) is 50.4 Å². The van der Waals surface area contributed by atoms with E-state index in [9.17, 15) is 9.90 Å². The number of aromatic nitrogens is 1. The third kappa shape index (κ3) is 2.58. The number of rotatable bonds is 4. The number of carbonyl (C=O) groups is 1. The van der Waals surface area contributed by atoms with Crippen LogP contribution < -0.4 is 5.73 Å². The number of carboxylic acids is 1. The van der Waals surface area contributed by atoms with Crippen molar-refractivity contribution < 1.29 is 9.90 Å². The van der Waals surface area contributed by atoms with Crippen molar-refractivity contribution in [1.82, 2.24) is 4.98 Å². The molecule has 19 heavy (non-hydrogen) atoms. The zero-order valence-corrected chi connectivity index (χ0v) is 11.2. The van der Waals surface area contributed by atoms with Crippen molar-refractivity contribution in [3.05, 3.63) is 40.6 Å². The Bertz CT molecular complexity index is 636. The van der Waals surface area contributed by atoms with Crippen LogP contribution in [0, 0.1) is 13.8 Å². The summed E-state index contributed by atoms with van der Waals surface area (Å²) in [5.41, 5.74) is 9.35. The number of nitrogens with zero attached hydrogens (tertiary/aromatic N) is 1. The van der Waals surface area contributed by atoms with Crippen LogP contribution in [0.4, 0.5) is 0 Å². The van der Waals surface area contributed by atoms with Crippen molar-refractivity contribution in [3.63, 3.8) is 0 Å². The Balaban J connectivity index is 2.72. The number of benzene rings is 1. The van der Waals surface area contributed by atoms with Gasteiger partial charge in [-0.3, -0.25) is 4.98 Å². The van der Waals surface area contributed by atoms with Crippen LogP contribution in [0.1, 0.15) is 33.6 Å². The lowest BCUT2D eigenvalue weighted by Gasteiger charge is -2.11. The summed E-state index contributed by atoms with van der Waals surface area (Å²) in [7, 11) is 0. The number of hydrogen-bond donors (Lipinski definition) is 2. The summed E-state index contributed by atoms with van der Waals surface area (Å²) < 4.78 is 0. The zero-order chi connectivity index (χ0) is 14.0. The van der Waals surface area contributed by atoms with Gasteiger partial charge in [0, 0.05) is 11.1 Å².